The van der Waals surface area contributed by atoms with E-state index < -0.39 is 54.6 Å². The second kappa shape index (κ2) is 36.0. The summed E-state index contributed by atoms with van der Waals surface area (Å²) in [5.74, 6) is -2.99. The van der Waals surface area contributed by atoms with E-state index in [0.717, 1.165) is 66.2 Å². The first-order valence-corrected chi connectivity index (χ1v) is 41.7. The maximum absolute atomic E-state index is 14.0. The van der Waals surface area contributed by atoms with Crippen LogP contribution in [0.3, 0.4) is 0 Å². The molecule has 1 aromatic heterocycles. The number of hydrogen-bond acceptors (Lipinski definition) is 15. The van der Waals surface area contributed by atoms with Gasteiger partial charge in [0.1, 0.15) is 36.3 Å². The summed E-state index contributed by atoms with van der Waals surface area (Å²) in [5, 5.41) is 50.4. The second-order valence-electron chi connectivity index (χ2n) is 35.9. The number of carbonyl (C=O) groups excluding carboxylic acids is 9. The number of aliphatic hydroxyl groups is 3. The molecule has 0 bridgehead atoms. The Bertz CT molecular complexity index is 4970. The summed E-state index contributed by atoms with van der Waals surface area (Å²) in [6.07, 6.45) is -1.99. The predicted octanol–water partition coefficient (Wildman–Crippen LogP) is 11.7. The van der Waals surface area contributed by atoms with Gasteiger partial charge in [0.05, 0.1) is 46.0 Å². The minimum atomic E-state index is -0.838. The van der Waals surface area contributed by atoms with Gasteiger partial charge in [-0.05, 0) is 145 Å². The molecule has 6 aromatic carbocycles. The number of aryl methyl sites for hydroxylation is 1. The molecular weight excluding hydrogens is 1520 g/mol. The Morgan fingerprint density at radius 1 is 0.487 bits per heavy atom. The third-order valence-electron chi connectivity index (χ3n) is 23.0. The van der Waals surface area contributed by atoms with Gasteiger partial charge in [0.15, 0.2) is 0 Å². The number of nitrogens with one attached hydrogen (secondary N) is 3. The monoisotopic (exact) mass is 1630 g/mol. The van der Waals surface area contributed by atoms with Gasteiger partial charge in [0.2, 0.25) is 35.4 Å². The van der Waals surface area contributed by atoms with Crippen molar-refractivity contribution in [3.63, 3.8) is 0 Å². The molecule has 0 saturated carbocycles. The predicted molar refractivity (Wildman–Crippen MR) is 450 cm³/mol. The number of aromatic nitrogens is 1. The Kier molecular flexibility index (Phi) is 27.0. The van der Waals surface area contributed by atoms with Crippen LogP contribution < -0.4 is 16.0 Å². The summed E-state index contributed by atoms with van der Waals surface area (Å²) in [7, 11) is 0. The highest BCUT2D eigenvalue weighted by Crippen LogP contribution is 2.39. The van der Waals surface area contributed by atoms with Crippen LogP contribution >= 0.6 is 22.9 Å². The fourth-order valence-electron chi connectivity index (χ4n) is 17.2. The lowest BCUT2D eigenvalue weighted by atomic mass is 9.82. The molecule has 0 spiro atoms. The normalized spacial score (nSPS) is 19.9. The number of rotatable bonds is 19. The molecule has 9 atom stereocenters. The van der Waals surface area contributed by atoms with Gasteiger partial charge in [0.25, 0.3) is 17.7 Å². The highest BCUT2D eigenvalue weighted by Gasteiger charge is 2.50. The molecule has 9 unspecified atom stereocenters. The first-order valence-electron chi connectivity index (χ1n) is 40.5. The van der Waals surface area contributed by atoms with Gasteiger partial charge in [-0.2, -0.15) is 5.26 Å². The van der Waals surface area contributed by atoms with Crippen LogP contribution in [0.5, 0.6) is 0 Å². The third-order valence-corrected chi connectivity index (χ3v) is 24.2. The van der Waals surface area contributed by atoms with Crippen molar-refractivity contribution in [1.29, 1.82) is 5.26 Å². The Labute approximate surface area is 696 Å². The smallest absolute Gasteiger partial charge is 0.255 e. The van der Waals surface area contributed by atoms with Crippen molar-refractivity contribution in [3.05, 3.63) is 216 Å². The van der Waals surface area contributed by atoms with Gasteiger partial charge in [0, 0.05) is 99.9 Å². The molecule has 0 aliphatic carbocycles. The Hall–Kier alpha value is -10.2. The number of benzene rings is 6. The first kappa shape index (κ1) is 87.7. The van der Waals surface area contributed by atoms with Gasteiger partial charge in [-0.1, -0.05) is 194 Å². The number of nitrogens with zero attached hydrogens (tertiary/aromatic N) is 8. The molecule has 23 nitrogen and oxygen atoms in total. The highest BCUT2D eigenvalue weighted by molar-refractivity contribution is 7.13. The van der Waals surface area contributed by atoms with E-state index in [1.165, 1.54) is 14.7 Å². The van der Waals surface area contributed by atoms with E-state index in [4.69, 9.17) is 11.6 Å². The van der Waals surface area contributed by atoms with Crippen molar-refractivity contribution < 1.29 is 58.5 Å². The fraction of sp³-hybridized carbons (Fsp3) is 0.467. The lowest BCUT2D eigenvalue weighted by Crippen LogP contribution is -2.55. The zero-order chi connectivity index (χ0) is 85.2. The van der Waals surface area contributed by atoms with Crippen molar-refractivity contribution in [2.45, 2.75) is 240 Å². The molecular formula is C92H112ClN11O12S. The van der Waals surface area contributed by atoms with Crippen LogP contribution in [-0.4, -0.2) is 177 Å². The molecule has 7 heterocycles. The molecule has 117 heavy (non-hydrogen) atoms. The number of halogens is 1. The van der Waals surface area contributed by atoms with Crippen LogP contribution in [0.2, 0.25) is 5.02 Å². The zero-order valence-electron chi connectivity index (χ0n) is 70.0. The topological polar surface area (TPSA) is 307 Å². The van der Waals surface area contributed by atoms with Crippen LogP contribution in [0.15, 0.2) is 133 Å². The van der Waals surface area contributed by atoms with Gasteiger partial charge >= 0.3 is 0 Å². The molecule has 6 aliphatic rings. The zero-order valence-corrected chi connectivity index (χ0v) is 71.6. The molecule has 620 valence electrons. The average Bonchev–Trinajstić information content (AvgIpc) is 1.62. The van der Waals surface area contributed by atoms with Crippen LogP contribution in [-0.2, 0) is 84.3 Å². The van der Waals surface area contributed by atoms with Crippen LogP contribution in [0, 0.1) is 36.0 Å². The van der Waals surface area contributed by atoms with E-state index in [1.807, 2.05) is 160 Å². The molecule has 7 aromatic rings. The number of hydrogen-bond donors (Lipinski definition) is 6. The highest BCUT2D eigenvalue weighted by atomic mass is 35.5. The van der Waals surface area contributed by atoms with Crippen LogP contribution in [0.25, 0.3) is 10.4 Å². The Morgan fingerprint density at radius 2 is 0.812 bits per heavy atom. The largest absolute Gasteiger partial charge is 0.391 e. The number of amides is 9. The first-order chi connectivity index (χ1) is 55.2. The standard InChI is InChI=1S/C33H40N4O4S.C30H36N4O4.C29H36ClN3O4/c1-19(2)28(37-16-23-9-7-8-10-25(23)31(37)40)32(41)36-17-24(38)14-27(36)30(39)34-15-22-12-11-21(13-26(22)33(4,5)6)29-20(3)35-18-42-29;1-18(2)26(34-16-21-8-6-7-9-23(21)28(34)37)29(38)33-17-22(35)13-25(33)27(36)32-15-20-11-10-19(14-31)12-24(20)30(3,4)5;1-17(2)25(33-15-19-8-6-7-9-22(19)27(33)36)28(37)32-16-21(34)13-24(32)26(35)31-14-18-10-11-20(30)12-23(18)29(3,4)5/h7-13,18-19,24,27-28,38H,14-17H2,1-6H3,(H,34,39);6-12,18,22,25-26,35H,13,15-17H2,1-5H3,(H,32,36);6-12,17,21,24-25,34H,13-16H2,1-5H3,(H,31,35). The van der Waals surface area contributed by atoms with Crippen molar-refractivity contribution in [3.8, 4) is 16.5 Å². The summed E-state index contributed by atoms with van der Waals surface area (Å²) in [5.41, 5.74) is 14.4. The van der Waals surface area contributed by atoms with Crippen LogP contribution in [0.4, 0.5) is 0 Å². The number of β-amino-alcohol motifs (C(OH)–C–C–N with tert-alkyl or cyclic N) is 3. The molecule has 3 saturated heterocycles. The maximum atomic E-state index is 14.0. The number of carbonyl (C=O) groups is 9. The summed E-state index contributed by atoms with van der Waals surface area (Å²) in [6.45, 7) is 34.3. The average molecular weight is 1630 g/mol. The van der Waals surface area contributed by atoms with Gasteiger partial charge in [-0.25, -0.2) is 4.98 Å². The third kappa shape index (κ3) is 19.4. The number of thiazole rings is 1. The summed E-state index contributed by atoms with van der Waals surface area (Å²) in [4.78, 5) is 136. The van der Waals surface area contributed by atoms with E-state index in [2.05, 4.69) is 80.7 Å². The van der Waals surface area contributed by atoms with Gasteiger partial charge in [-0.3, -0.25) is 43.2 Å². The van der Waals surface area contributed by atoms with E-state index in [1.54, 1.807) is 56.4 Å². The minimum absolute atomic E-state index is 0.0409. The minimum Gasteiger partial charge on any atom is -0.391 e. The molecule has 3 fully saturated rings. The molecule has 25 heteroatoms. The number of likely N-dealkylation sites (tertiary alicyclic amines) is 3. The summed E-state index contributed by atoms with van der Waals surface area (Å²) in [6, 6.07) is 36.9. The SMILES string of the molecule is CC(C)C(C(=O)N1CC(O)CC1C(=O)NCc1ccc(C#N)cc1C(C)(C)C)N1Cc2ccccc2C1=O.CC(C)C(C(=O)N1CC(O)CC1C(=O)NCc1ccc(Cl)cc1C(C)(C)C)N1Cc2ccccc2C1=O.Cc1ncsc1-c1ccc(CNC(=O)C2CC(O)CN2C(=O)C(C(C)C)N2Cc3ccccc3C2=O)c(C(C)(C)C)c1. The van der Waals surface area contributed by atoms with E-state index in [9.17, 15) is 63.7 Å². The Balaban J connectivity index is 0.000000173. The molecule has 9 amide bonds. The summed E-state index contributed by atoms with van der Waals surface area (Å²) < 4.78 is 0. The van der Waals surface area contributed by atoms with Crippen molar-refractivity contribution in [2.75, 3.05) is 19.6 Å². The molecule has 0 radical (unpaired) electrons. The maximum Gasteiger partial charge on any atom is 0.255 e. The molecule has 13 rings (SSSR count). The summed E-state index contributed by atoms with van der Waals surface area (Å²) >= 11 is 7.83. The molecule has 6 N–H and O–H groups in total. The quantitative estimate of drug-likeness (QED) is 0.0439. The second-order valence-corrected chi connectivity index (χ2v) is 37.1. The van der Waals surface area contributed by atoms with E-state index in [-0.39, 0.29) is 139 Å². The van der Waals surface area contributed by atoms with Crippen molar-refractivity contribution in [1.82, 2.24) is 50.3 Å². The van der Waals surface area contributed by atoms with E-state index >= 15 is 0 Å². The lowest BCUT2D eigenvalue weighted by Gasteiger charge is -2.35. The van der Waals surface area contributed by atoms with Crippen molar-refractivity contribution in [2.24, 2.45) is 17.8 Å². The van der Waals surface area contributed by atoms with Gasteiger partial charge in [-0.15, -0.1) is 11.3 Å². The number of aliphatic hydroxyl groups excluding tert-OH is 3. The molecule has 6 aliphatic heterocycles. The van der Waals surface area contributed by atoms with Crippen molar-refractivity contribution >= 4 is 76.1 Å². The number of nitriles is 1. The lowest BCUT2D eigenvalue weighted by molar-refractivity contribution is -0.143. The Morgan fingerprint density at radius 3 is 1.13 bits per heavy atom. The van der Waals surface area contributed by atoms with E-state index in [0.29, 0.717) is 53.5 Å². The number of fused-ring (bicyclic) bond motifs is 3. The van der Waals surface area contributed by atoms with Gasteiger partial charge < -0.3 is 60.7 Å². The van der Waals surface area contributed by atoms with Crippen LogP contribution in [0.1, 0.15) is 216 Å². The fourth-order valence-corrected chi connectivity index (χ4v) is 18.2.